The molecule has 0 aromatic heterocycles. The molecular formula is C17H17ClN2O2. The summed E-state index contributed by atoms with van der Waals surface area (Å²) < 4.78 is 0. The van der Waals surface area contributed by atoms with Gasteiger partial charge in [0.15, 0.2) is 0 Å². The van der Waals surface area contributed by atoms with Crippen molar-refractivity contribution in [1.29, 1.82) is 0 Å². The zero-order valence-corrected chi connectivity index (χ0v) is 13.2. The SMILES string of the molecule is Cc1ccc(NC(=O)CC(=O)Nc2ccccc2Cl)cc1C. The minimum Gasteiger partial charge on any atom is -0.326 e. The van der Waals surface area contributed by atoms with Crippen LogP contribution in [0.4, 0.5) is 11.4 Å². The summed E-state index contributed by atoms with van der Waals surface area (Å²) in [6.45, 7) is 3.97. The number of rotatable bonds is 4. The van der Waals surface area contributed by atoms with Crippen molar-refractivity contribution in [3.8, 4) is 0 Å². The number of carbonyl (C=O) groups is 2. The lowest BCUT2D eigenvalue weighted by Crippen LogP contribution is -2.21. The Balaban J connectivity index is 1.92. The normalized spacial score (nSPS) is 10.1. The van der Waals surface area contributed by atoms with Crippen molar-refractivity contribution < 1.29 is 9.59 Å². The van der Waals surface area contributed by atoms with Crippen LogP contribution in [-0.2, 0) is 9.59 Å². The van der Waals surface area contributed by atoms with E-state index in [1.54, 1.807) is 24.3 Å². The third kappa shape index (κ3) is 4.33. The van der Waals surface area contributed by atoms with Gasteiger partial charge in [-0.25, -0.2) is 0 Å². The molecule has 0 aliphatic rings. The van der Waals surface area contributed by atoms with Gasteiger partial charge in [-0.2, -0.15) is 0 Å². The van der Waals surface area contributed by atoms with Crippen LogP contribution in [0.1, 0.15) is 17.5 Å². The quantitative estimate of drug-likeness (QED) is 0.840. The molecule has 2 aromatic rings. The van der Waals surface area contributed by atoms with Crippen LogP contribution in [0.2, 0.25) is 5.02 Å². The minimum atomic E-state index is -0.408. The van der Waals surface area contributed by atoms with E-state index in [1.807, 2.05) is 32.0 Å². The van der Waals surface area contributed by atoms with Crippen LogP contribution in [0.5, 0.6) is 0 Å². The predicted molar refractivity (Wildman–Crippen MR) is 89.2 cm³/mol. The summed E-state index contributed by atoms with van der Waals surface area (Å²) in [6.07, 6.45) is -0.266. The number of halogens is 1. The third-order valence-electron chi connectivity index (χ3n) is 3.26. The highest BCUT2D eigenvalue weighted by Gasteiger charge is 2.11. The van der Waals surface area contributed by atoms with Gasteiger partial charge in [0.1, 0.15) is 6.42 Å². The zero-order valence-electron chi connectivity index (χ0n) is 12.4. The van der Waals surface area contributed by atoms with E-state index in [1.165, 1.54) is 0 Å². The number of carbonyl (C=O) groups excluding carboxylic acids is 2. The standard InChI is InChI=1S/C17H17ClN2O2/c1-11-7-8-13(9-12(11)2)19-16(21)10-17(22)20-15-6-4-3-5-14(15)18/h3-9H,10H2,1-2H3,(H,19,21)(H,20,22). The van der Waals surface area contributed by atoms with E-state index in [0.29, 0.717) is 16.4 Å². The second kappa shape index (κ2) is 7.09. The summed E-state index contributed by atoms with van der Waals surface area (Å²) in [7, 11) is 0. The van der Waals surface area contributed by atoms with Gasteiger partial charge in [0, 0.05) is 5.69 Å². The van der Waals surface area contributed by atoms with Gasteiger partial charge in [0.25, 0.3) is 0 Å². The van der Waals surface area contributed by atoms with Gasteiger partial charge in [-0.3, -0.25) is 9.59 Å². The van der Waals surface area contributed by atoms with Crippen molar-refractivity contribution in [3.05, 3.63) is 58.6 Å². The summed E-state index contributed by atoms with van der Waals surface area (Å²) in [4.78, 5) is 23.7. The number of aryl methyl sites for hydroxylation is 2. The molecule has 0 saturated carbocycles. The van der Waals surface area contributed by atoms with Gasteiger partial charge in [-0.05, 0) is 49.2 Å². The number of hydrogen-bond donors (Lipinski definition) is 2. The second-order valence-corrected chi connectivity index (χ2v) is 5.46. The molecule has 0 saturated heterocycles. The molecule has 2 aromatic carbocycles. The minimum absolute atomic E-state index is 0.266. The molecule has 22 heavy (non-hydrogen) atoms. The van der Waals surface area contributed by atoms with Gasteiger partial charge < -0.3 is 10.6 Å². The van der Waals surface area contributed by atoms with Crippen LogP contribution in [0.15, 0.2) is 42.5 Å². The van der Waals surface area contributed by atoms with Crippen molar-refractivity contribution in [1.82, 2.24) is 0 Å². The first-order valence-corrected chi connectivity index (χ1v) is 7.25. The first-order chi connectivity index (χ1) is 10.5. The highest BCUT2D eigenvalue weighted by atomic mass is 35.5. The van der Waals surface area contributed by atoms with Crippen molar-refractivity contribution in [2.75, 3.05) is 10.6 Å². The Labute approximate surface area is 134 Å². The molecule has 0 fully saturated rings. The van der Waals surface area contributed by atoms with Crippen molar-refractivity contribution in [2.45, 2.75) is 20.3 Å². The lowest BCUT2D eigenvalue weighted by Gasteiger charge is -2.09. The van der Waals surface area contributed by atoms with Crippen LogP contribution in [-0.4, -0.2) is 11.8 Å². The number of para-hydroxylation sites is 1. The highest BCUT2D eigenvalue weighted by molar-refractivity contribution is 6.33. The molecule has 0 radical (unpaired) electrons. The molecule has 0 heterocycles. The summed E-state index contributed by atoms with van der Waals surface area (Å²) in [5, 5.41) is 5.76. The Hall–Kier alpha value is -2.33. The van der Waals surface area contributed by atoms with Crippen LogP contribution in [0.25, 0.3) is 0 Å². The van der Waals surface area contributed by atoms with E-state index < -0.39 is 5.91 Å². The predicted octanol–water partition coefficient (Wildman–Crippen LogP) is 3.92. The first kappa shape index (κ1) is 16.0. The Bertz CT molecular complexity index is 714. The number of hydrogen-bond acceptors (Lipinski definition) is 2. The largest absolute Gasteiger partial charge is 0.326 e. The summed E-state index contributed by atoms with van der Waals surface area (Å²) in [5.41, 5.74) is 3.40. The van der Waals surface area contributed by atoms with Crippen LogP contribution >= 0.6 is 11.6 Å². The molecule has 2 rings (SSSR count). The fourth-order valence-electron chi connectivity index (χ4n) is 1.93. The molecule has 0 aliphatic carbocycles. The van der Waals surface area contributed by atoms with Gasteiger partial charge in [-0.15, -0.1) is 0 Å². The number of benzene rings is 2. The monoisotopic (exact) mass is 316 g/mol. The van der Waals surface area contributed by atoms with Crippen LogP contribution in [0.3, 0.4) is 0 Å². The molecule has 2 amide bonds. The highest BCUT2D eigenvalue weighted by Crippen LogP contribution is 2.20. The average molecular weight is 317 g/mol. The molecule has 0 atom stereocenters. The molecule has 0 bridgehead atoms. The van der Waals surface area contributed by atoms with Crippen molar-refractivity contribution >= 4 is 34.8 Å². The molecule has 5 heteroatoms. The van der Waals surface area contributed by atoms with E-state index in [9.17, 15) is 9.59 Å². The molecule has 0 aliphatic heterocycles. The molecule has 114 valence electrons. The molecule has 0 unspecified atom stereocenters. The van der Waals surface area contributed by atoms with Crippen molar-refractivity contribution in [3.63, 3.8) is 0 Å². The van der Waals surface area contributed by atoms with Crippen molar-refractivity contribution in [2.24, 2.45) is 0 Å². The van der Waals surface area contributed by atoms with Crippen LogP contribution in [0, 0.1) is 13.8 Å². The van der Waals surface area contributed by atoms with Gasteiger partial charge in [0.05, 0.1) is 10.7 Å². The van der Waals surface area contributed by atoms with E-state index in [0.717, 1.165) is 11.1 Å². The maximum atomic E-state index is 11.9. The number of anilines is 2. The lowest BCUT2D eigenvalue weighted by atomic mass is 10.1. The van der Waals surface area contributed by atoms with Gasteiger partial charge in [0.2, 0.25) is 11.8 Å². The van der Waals surface area contributed by atoms with Gasteiger partial charge >= 0.3 is 0 Å². The number of amides is 2. The van der Waals surface area contributed by atoms with Crippen LogP contribution < -0.4 is 10.6 Å². The Morgan fingerprint density at radius 2 is 1.64 bits per heavy atom. The fourth-order valence-corrected chi connectivity index (χ4v) is 2.11. The van der Waals surface area contributed by atoms with E-state index in [2.05, 4.69) is 10.6 Å². The zero-order chi connectivity index (χ0) is 16.1. The molecule has 0 spiro atoms. The summed E-state index contributed by atoms with van der Waals surface area (Å²) in [6, 6.07) is 12.5. The number of nitrogens with one attached hydrogen (secondary N) is 2. The average Bonchev–Trinajstić information content (AvgIpc) is 2.45. The summed E-state index contributed by atoms with van der Waals surface area (Å²) >= 11 is 5.95. The molecule has 2 N–H and O–H groups in total. The van der Waals surface area contributed by atoms with Gasteiger partial charge in [-0.1, -0.05) is 29.8 Å². The lowest BCUT2D eigenvalue weighted by molar-refractivity contribution is -0.123. The maximum Gasteiger partial charge on any atom is 0.233 e. The Morgan fingerprint density at radius 3 is 2.32 bits per heavy atom. The molecule has 4 nitrogen and oxygen atoms in total. The Morgan fingerprint density at radius 1 is 0.955 bits per heavy atom. The molecular weight excluding hydrogens is 300 g/mol. The maximum absolute atomic E-state index is 11.9. The smallest absolute Gasteiger partial charge is 0.233 e. The Kier molecular flexibility index (Phi) is 5.17. The van der Waals surface area contributed by atoms with E-state index in [4.69, 9.17) is 11.6 Å². The van der Waals surface area contributed by atoms with E-state index >= 15 is 0 Å². The third-order valence-corrected chi connectivity index (χ3v) is 3.59. The van der Waals surface area contributed by atoms with E-state index in [-0.39, 0.29) is 12.3 Å². The fraction of sp³-hybridized carbons (Fsp3) is 0.176. The first-order valence-electron chi connectivity index (χ1n) is 6.87. The summed E-state index contributed by atoms with van der Waals surface area (Å²) in [5.74, 6) is -0.776. The second-order valence-electron chi connectivity index (χ2n) is 5.05. The topological polar surface area (TPSA) is 58.2 Å².